The Morgan fingerprint density at radius 3 is 2.46 bits per heavy atom. The molecule has 5 nitrogen and oxygen atoms in total. The molecule has 3 aromatic rings. The van der Waals surface area contributed by atoms with Crippen molar-refractivity contribution in [1.29, 1.82) is 0 Å². The molecule has 0 amide bonds. The minimum atomic E-state index is -0.802. The highest BCUT2D eigenvalue weighted by Crippen LogP contribution is 2.32. The SMILES string of the molecule is O[C@]1(c2ccccc2)CCN(Cc2nnc(-c3ccccc3)o2)C1. The maximum atomic E-state index is 10.9. The van der Waals surface area contributed by atoms with E-state index in [-0.39, 0.29) is 0 Å². The van der Waals surface area contributed by atoms with Crippen molar-refractivity contribution in [2.75, 3.05) is 13.1 Å². The molecule has 0 radical (unpaired) electrons. The topological polar surface area (TPSA) is 62.4 Å². The average molecular weight is 321 g/mol. The molecule has 0 unspecified atom stereocenters. The van der Waals surface area contributed by atoms with Crippen LogP contribution in [0.3, 0.4) is 0 Å². The quantitative estimate of drug-likeness (QED) is 0.800. The summed E-state index contributed by atoms with van der Waals surface area (Å²) in [6.45, 7) is 1.92. The van der Waals surface area contributed by atoms with E-state index in [1.165, 1.54) is 0 Å². The van der Waals surface area contributed by atoms with Gasteiger partial charge in [-0.15, -0.1) is 10.2 Å². The second-order valence-electron chi connectivity index (χ2n) is 6.23. The van der Waals surface area contributed by atoms with Gasteiger partial charge in [-0.2, -0.15) is 0 Å². The molecule has 2 aromatic carbocycles. The lowest BCUT2D eigenvalue weighted by molar-refractivity contribution is 0.0444. The molecule has 1 saturated heterocycles. The second kappa shape index (κ2) is 6.19. The Morgan fingerprint density at radius 1 is 1.00 bits per heavy atom. The van der Waals surface area contributed by atoms with Crippen LogP contribution in [0.2, 0.25) is 0 Å². The summed E-state index contributed by atoms with van der Waals surface area (Å²) in [7, 11) is 0. The maximum Gasteiger partial charge on any atom is 0.247 e. The molecule has 5 heteroatoms. The van der Waals surface area contributed by atoms with E-state index >= 15 is 0 Å². The molecule has 1 N–H and O–H groups in total. The number of aromatic nitrogens is 2. The van der Waals surface area contributed by atoms with Gasteiger partial charge in [-0.3, -0.25) is 4.90 Å². The van der Waals surface area contributed by atoms with Crippen molar-refractivity contribution < 1.29 is 9.52 Å². The van der Waals surface area contributed by atoms with E-state index in [4.69, 9.17) is 4.42 Å². The number of hydrogen-bond acceptors (Lipinski definition) is 5. The van der Waals surface area contributed by atoms with Crippen LogP contribution >= 0.6 is 0 Å². The third-order valence-electron chi connectivity index (χ3n) is 4.48. The van der Waals surface area contributed by atoms with Crippen molar-refractivity contribution >= 4 is 0 Å². The molecule has 122 valence electrons. The maximum absolute atomic E-state index is 10.9. The zero-order valence-corrected chi connectivity index (χ0v) is 13.3. The monoisotopic (exact) mass is 321 g/mol. The van der Waals surface area contributed by atoms with Crippen LogP contribution in [0.15, 0.2) is 65.1 Å². The van der Waals surface area contributed by atoms with Crippen LogP contribution < -0.4 is 0 Å². The van der Waals surface area contributed by atoms with Gasteiger partial charge in [0.25, 0.3) is 0 Å². The van der Waals surface area contributed by atoms with Gasteiger partial charge in [0, 0.05) is 18.7 Å². The third kappa shape index (κ3) is 2.96. The van der Waals surface area contributed by atoms with Crippen LogP contribution in [-0.4, -0.2) is 33.3 Å². The van der Waals surface area contributed by atoms with Gasteiger partial charge in [0.05, 0.1) is 6.54 Å². The summed E-state index contributed by atoms with van der Waals surface area (Å²) in [5.74, 6) is 1.11. The van der Waals surface area contributed by atoms with Gasteiger partial charge in [-0.25, -0.2) is 0 Å². The summed E-state index contributed by atoms with van der Waals surface area (Å²) in [6.07, 6.45) is 0.705. The Morgan fingerprint density at radius 2 is 1.71 bits per heavy atom. The van der Waals surface area contributed by atoms with Gasteiger partial charge in [-0.1, -0.05) is 48.5 Å². The Hall–Kier alpha value is -2.50. The minimum Gasteiger partial charge on any atom is -0.419 e. The number of benzene rings is 2. The van der Waals surface area contributed by atoms with Crippen molar-refractivity contribution in [2.45, 2.75) is 18.6 Å². The molecule has 1 fully saturated rings. The van der Waals surface area contributed by atoms with E-state index in [1.54, 1.807) is 0 Å². The Labute approximate surface area is 140 Å². The van der Waals surface area contributed by atoms with Gasteiger partial charge in [0.15, 0.2) is 0 Å². The first-order valence-corrected chi connectivity index (χ1v) is 8.11. The molecule has 2 heterocycles. The summed E-state index contributed by atoms with van der Waals surface area (Å²) < 4.78 is 5.76. The molecule has 1 aromatic heterocycles. The van der Waals surface area contributed by atoms with Crippen LogP contribution in [0.4, 0.5) is 0 Å². The summed E-state index contributed by atoms with van der Waals surface area (Å²) in [5.41, 5.74) is 1.07. The normalized spacial score (nSPS) is 21.2. The summed E-state index contributed by atoms with van der Waals surface area (Å²) in [6, 6.07) is 19.6. The molecule has 0 aliphatic carbocycles. The average Bonchev–Trinajstić information content (AvgIpc) is 3.25. The van der Waals surface area contributed by atoms with Gasteiger partial charge in [-0.05, 0) is 24.1 Å². The first-order valence-electron chi connectivity index (χ1n) is 8.11. The van der Waals surface area contributed by atoms with Crippen molar-refractivity contribution in [3.05, 3.63) is 72.1 Å². The molecule has 0 bridgehead atoms. The Balaban J connectivity index is 1.45. The number of hydrogen-bond donors (Lipinski definition) is 1. The number of likely N-dealkylation sites (tertiary alicyclic amines) is 1. The fraction of sp³-hybridized carbons (Fsp3) is 0.263. The van der Waals surface area contributed by atoms with Crippen molar-refractivity contribution in [2.24, 2.45) is 0 Å². The molecule has 0 saturated carbocycles. The second-order valence-corrected chi connectivity index (χ2v) is 6.23. The van der Waals surface area contributed by atoms with Crippen LogP contribution in [0.1, 0.15) is 17.9 Å². The lowest BCUT2D eigenvalue weighted by Crippen LogP contribution is -2.30. The zero-order valence-electron chi connectivity index (χ0n) is 13.3. The van der Waals surface area contributed by atoms with E-state index in [0.717, 1.165) is 17.7 Å². The molecular formula is C19H19N3O2. The van der Waals surface area contributed by atoms with Crippen molar-refractivity contribution in [1.82, 2.24) is 15.1 Å². The third-order valence-corrected chi connectivity index (χ3v) is 4.48. The first-order chi connectivity index (χ1) is 11.7. The first kappa shape index (κ1) is 15.1. The molecule has 1 aliphatic rings. The van der Waals surface area contributed by atoms with Crippen LogP contribution in [0.25, 0.3) is 11.5 Å². The van der Waals surface area contributed by atoms with Gasteiger partial charge >= 0.3 is 0 Å². The number of aliphatic hydroxyl groups is 1. The van der Waals surface area contributed by atoms with E-state index in [1.807, 2.05) is 60.7 Å². The van der Waals surface area contributed by atoms with E-state index in [9.17, 15) is 5.11 Å². The standard InChI is InChI=1S/C19H19N3O2/c23-19(16-9-5-2-6-10-16)11-12-22(14-19)13-17-20-21-18(24-17)15-7-3-1-4-8-15/h1-10,23H,11-14H2/t19-/m1/s1. The van der Waals surface area contributed by atoms with Crippen molar-refractivity contribution in [3.63, 3.8) is 0 Å². The van der Waals surface area contributed by atoms with E-state index < -0.39 is 5.60 Å². The lowest BCUT2D eigenvalue weighted by atomic mass is 9.93. The lowest BCUT2D eigenvalue weighted by Gasteiger charge is -2.23. The zero-order chi connectivity index (χ0) is 16.4. The predicted molar refractivity (Wildman–Crippen MR) is 90.0 cm³/mol. The Bertz CT molecular complexity index is 804. The molecular weight excluding hydrogens is 302 g/mol. The van der Waals surface area contributed by atoms with Gasteiger partial charge in [0.2, 0.25) is 11.8 Å². The molecule has 24 heavy (non-hydrogen) atoms. The van der Waals surface area contributed by atoms with Gasteiger partial charge in [0.1, 0.15) is 5.60 Å². The molecule has 4 rings (SSSR count). The fourth-order valence-corrected chi connectivity index (χ4v) is 3.20. The minimum absolute atomic E-state index is 0.531. The fourth-order valence-electron chi connectivity index (χ4n) is 3.20. The van der Waals surface area contributed by atoms with Crippen LogP contribution in [0.5, 0.6) is 0 Å². The largest absolute Gasteiger partial charge is 0.419 e. The van der Waals surface area contributed by atoms with Crippen LogP contribution in [0, 0.1) is 0 Å². The number of nitrogens with zero attached hydrogens (tertiary/aromatic N) is 3. The number of rotatable bonds is 4. The Kier molecular flexibility index (Phi) is 3.88. The van der Waals surface area contributed by atoms with E-state index in [0.29, 0.717) is 31.3 Å². The molecule has 1 atom stereocenters. The predicted octanol–water partition coefficient (Wildman–Crippen LogP) is 2.83. The van der Waals surface area contributed by atoms with Crippen molar-refractivity contribution in [3.8, 4) is 11.5 Å². The highest BCUT2D eigenvalue weighted by molar-refractivity contribution is 5.51. The van der Waals surface area contributed by atoms with Gasteiger partial charge < -0.3 is 9.52 Å². The summed E-state index contributed by atoms with van der Waals surface area (Å²) in [4.78, 5) is 2.15. The summed E-state index contributed by atoms with van der Waals surface area (Å²) >= 11 is 0. The van der Waals surface area contributed by atoms with E-state index in [2.05, 4.69) is 15.1 Å². The molecule has 0 spiro atoms. The summed E-state index contributed by atoms with van der Waals surface area (Å²) in [5, 5.41) is 19.1. The smallest absolute Gasteiger partial charge is 0.247 e. The number of β-amino-alcohol motifs (C(OH)–C–C–N with tert-alkyl or cyclic N) is 1. The highest BCUT2D eigenvalue weighted by Gasteiger charge is 2.37. The highest BCUT2D eigenvalue weighted by atomic mass is 16.4. The molecule has 1 aliphatic heterocycles. The van der Waals surface area contributed by atoms with Crippen LogP contribution in [-0.2, 0) is 12.1 Å².